The summed E-state index contributed by atoms with van der Waals surface area (Å²) in [5, 5.41) is 12.8. The Bertz CT molecular complexity index is 651. The fraction of sp³-hybridized carbons (Fsp3) is 0.462. The molecule has 0 spiro atoms. The lowest BCUT2D eigenvalue weighted by atomic mass is 10.3. The quantitative estimate of drug-likeness (QED) is 0.221. The van der Waals surface area contributed by atoms with E-state index in [4.69, 9.17) is 21.5 Å². The number of rotatable bonds is 6. The summed E-state index contributed by atoms with van der Waals surface area (Å²) in [6.07, 6.45) is 4.51. The van der Waals surface area contributed by atoms with Gasteiger partial charge in [-0.3, -0.25) is 0 Å². The summed E-state index contributed by atoms with van der Waals surface area (Å²) in [4.78, 5) is 8.18. The first-order valence-electron chi connectivity index (χ1n) is 6.67. The molecule has 0 aliphatic heterocycles. The number of aromatic nitrogens is 3. The summed E-state index contributed by atoms with van der Waals surface area (Å²) in [6.45, 7) is 8.03. The zero-order chi connectivity index (χ0) is 15.5. The highest BCUT2D eigenvalue weighted by molar-refractivity contribution is 6.76. The minimum atomic E-state index is -1.10. The van der Waals surface area contributed by atoms with Crippen molar-refractivity contribution in [3.8, 4) is 0 Å². The van der Waals surface area contributed by atoms with Crippen LogP contribution in [0.15, 0.2) is 17.7 Å². The standard InChI is InChI=1S/C13H19ClN4O2Si/c1-21(2,3)5-4-20-9-18-7-10(6-17-19)11-12(14)15-8-16-13(11)18/h6-8,19H,4-5,9H2,1-3H3. The van der Waals surface area contributed by atoms with Gasteiger partial charge in [0.25, 0.3) is 0 Å². The Kier molecular flexibility index (Phi) is 4.97. The zero-order valence-corrected chi connectivity index (χ0v) is 14.1. The van der Waals surface area contributed by atoms with Gasteiger partial charge in [-0.15, -0.1) is 0 Å². The van der Waals surface area contributed by atoms with Crippen LogP contribution in [0.25, 0.3) is 11.0 Å². The van der Waals surface area contributed by atoms with Gasteiger partial charge in [-0.25, -0.2) is 9.97 Å². The molecule has 6 nitrogen and oxygen atoms in total. The molecule has 8 heteroatoms. The van der Waals surface area contributed by atoms with Crippen LogP contribution in [0.1, 0.15) is 5.56 Å². The summed E-state index contributed by atoms with van der Waals surface area (Å²) in [6, 6.07) is 1.10. The lowest BCUT2D eigenvalue weighted by Crippen LogP contribution is -2.22. The Morgan fingerprint density at radius 1 is 1.43 bits per heavy atom. The molecule has 0 saturated carbocycles. The van der Waals surface area contributed by atoms with Crippen molar-refractivity contribution in [1.82, 2.24) is 14.5 Å². The Morgan fingerprint density at radius 2 is 2.19 bits per heavy atom. The van der Waals surface area contributed by atoms with Gasteiger partial charge >= 0.3 is 0 Å². The number of oxime groups is 1. The SMILES string of the molecule is C[Si](C)(C)CCOCn1cc(C=NO)c2c(Cl)ncnc21. The molecular weight excluding hydrogens is 308 g/mol. The zero-order valence-electron chi connectivity index (χ0n) is 12.4. The molecule has 1 N–H and O–H groups in total. The molecule has 2 aromatic rings. The van der Waals surface area contributed by atoms with Crippen molar-refractivity contribution in [3.05, 3.63) is 23.2 Å². The first kappa shape index (κ1) is 15.9. The third-order valence-corrected chi connectivity index (χ3v) is 5.05. The van der Waals surface area contributed by atoms with E-state index in [1.807, 2.05) is 4.57 Å². The van der Waals surface area contributed by atoms with Crippen molar-refractivity contribution in [3.63, 3.8) is 0 Å². The maximum absolute atomic E-state index is 8.73. The first-order valence-corrected chi connectivity index (χ1v) is 10.8. The first-order chi connectivity index (χ1) is 9.92. The summed E-state index contributed by atoms with van der Waals surface area (Å²) >= 11 is 6.09. The smallest absolute Gasteiger partial charge is 0.147 e. The van der Waals surface area contributed by atoms with E-state index < -0.39 is 8.07 Å². The van der Waals surface area contributed by atoms with E-state index >= 15 is 0 Å². The monoisotopic (exact) mass is 326 g/mol. The van der Waals surface area contributed by atoms with Gasteiger partial charge in [0.05, 0.1) is 11.6 Å². The maximum Gasteiger partial charge on any atom is 0.147 e. The largest absolute Gasteiger partial charge is 0.411 e. The van der Waals surface area contributed by atoms with Gasteiger partial charge in [0.2, 0.25) is 0 Å². The van der Waals surface area contributed by atoms with Crippen molar-refractivity contribution < 1.29 is 9.94 Å². The molecule has 21 heavy (non-hydrogen) atoms. The second-order valence-electron chi connectivity index (χ2n) is 6.01. The van der Waals surface area contributed by atoms with Crippen LogP contribution in [-0.2, 0) is 11.5 Å². The number of halogens is 1. The van der Waals surface area contributed by atoms with E-state index in [1.54, 1.807) is 6.20 Å². The van der Waals surface area contributed by atoms with Gasteiger partial charge in [0.1, 0.15) is 23.9 Å². The van der Waals surface area contributed by atoms with Gasteiger partial charge in [-0.05, 0) is 6.04 Å². The van der Waals surface area contributed by atoms with Crippen molar-refractivity contribution in [2.45, 2.75) is 32.4 Å². The van der Waals surface area contributed by atoms with Crippen LogP contribution in [0.5, 0.6) is 0 Å². The Balaban J connectivity index is 2.19. The normalized spacial score (nSPS) is 12.6. The summed E-state index contributed by atoms with van der Waals surface area (Å²) in [7, 11) is -1.10. The van der Waals surface area contributed by atoms with Crippen molar-refractivity contribution in [2.24, 2.45) is 5.16 Å². The van der Waals surface area contributed by atoms with E-state index in [0.29, 0.717) is 28.5 Å². The van der Waals surface area contributed by atoms with E-state index in [0.717, 1.165) is 12.7 Å². The summed E-state index contributed by atoms with van der Waals surface area (Å²) < 4.78 is 7.56. The van der Waals surface area contributed by atoms with Crippen molar-refractivity contribution in [1.29, 1.82) is 0 Å². The molecule has 2 aromatic heterocycles. The Labute approximate surface area is 129 Å². The van der Waals surface area contributed by atoms with Crippen molar-refractivity contribution in [2.75, 3.05) is 6.61 Å². The predicted molar refractivity (Wildman–Crippen MR) is 86.0 cm³/mol. The average Bonchev–Trinajstić information content (AvgIpc) is 2.74. The molecule has 0 fully saturated rings. The second-order valence-corrected chi connectivity index (χ2v) is 12.0. The minimum absolute atomic E-state index is 0.329. The van der Waals surface area contributed by atoms with E-state index in [1.165, 1.54) is 12.5 Å². The van der Waals surface area contributed by atoms with Gasteiger partial charge in [-0.2, -0.15) is 0 Å². The molecule has 0 aliphatic carbocycles. The molecule has 0 atom stereocenters. The lowest BCUT2D eigenvalue weighted by molar-refractivity contribution is 0.0898. The molecule has 2 heterocycles. The molecule has 0 bridgehead atoms. The van der Waals surface area contributed by atoms with Gasteiger partial charge in [-0.1, -0.05) is 36.4 Å². The minimum Gasteiger partial charge on any atom is -0.411 e. The van der Waals surface area contributed by atoms with Crippen LogP contribution in [0.3, 0.4) is 0 Å². The molecular formula is C13H19ClN4O2Si. The van der Waals surface area contributed by atoms with E-state index in [2.05, 4.69) is 34.8 Å². The Hall–Kier alpha value is -1.44. The number of nitrogens with zero attached hydrogens (tertiary/aromatic N) is 4. The fourth-order valence-electron chi connectivity index (χ4n) is 1.91. The van der Waals surface area contributed by atoms with Crippen LogP contribution in [-0.4, -0.2) is 40.6 Å². The van der Waals surface area contributed by atoms with Crippen LogP contribution in [0.2, 0.25) is 30.8 Å². The van der Waals surface area contributed by atoms with E-state index in [9.17, 15) is 0 Å². The maximum atomic E-state index is 8.73. The molecule has 0 amide bonds. The molecule has 2 rings (SSSR count). The average molecular weight is 327 g/mol. The van der Waals surface area contributed by atoms with E-state index in [-0.39, 0.29) is 0 Å². The summed E-state index contributed by atoms with van der Waals surface area (Å²) in [5.41, 5.74) is 1.32. The summed E-state index contributed by atoms with van der Waals surface area (Å²) in [5.74, 6) is 0. The number of hydrogen-bond acceptors (Lipinski definition) is 5. The molecule has 0 saturated heterocycles. The predicted octanol–water partition coefficient (Wildman–Crippen LogP) is 3.21. The Morgan fingerprint density at radius 3 is 2.86 bits per heavy atom. The topological polar surface area (TPSA) is 72.5 Å². The lowest BCUT2D eigenvalue weighted by Gasteiger charge is -2.15. The van der Waals surface area contributed by atoms with Crippen LogP contribution < -0.4 is 0 Å². The highest BCUT2D eigenvalue weighted by Gasteiger charge is 2.14. The van der Waals surface area contributed by atoms with Gasteiger partial charge in [0.15, 0.2) is 0 Å². The highest BCUT2D eigenvalue weighted by Crippen LogP contribution is 2.24. The van der Waals surface area contributed by atoms with Crippen molar-refractivity contribution >= 4 is 36.9 Å². The number of ether oxygens (including phenoxy) is 1. The third-order valence-electron chi connectivity index (χ3n) is 3.06. The van der Waals surface area contributed by atoms with Gasteiger partial charge < -0.3 is 14.5 Å². The number of fused-ring (bicyclic) bond motifs is 1. The molecule has 0 radical (unpaired) electrons. The molecule has 0 aromatic carbocycles. The second kappa shape index (κ2) is 6.55. The molecule has 0 aliphatic rings. The third kappa shape index (κ3) is 4.02. The highest BCUT2D eigenvalue weighted by atomic mass is 35.5. The molecule has 0 unspecified atom stereocenters. The van der Waals surface area contributed by atoms with Crippen LogP contribution >= 0.6 is 11.6 Å². The van der Waals surface area contributed by atoms with Crippen LogP contribution in [0.4, 0.5) is 0 Å². The van der Waals surface area contributed by atoms with Gasteiger partial charge in [0, 0.05) is 26.4 Å². The number of hydrogen-bond donors (Lipinski definition) is 1. The van der Waals surface area contributed by atoms with Crippen LogP contribution in [0, 0.1) is 0 Å². The molecule has 114 valence electrons. The fourth-order valence-corrected chi connectivity index (χ4v) is 2.91.